The Hall–Kier alpha value is -1.90. The Kier molecular flexibility index (Phi) is 3.84. The fraction of sp³-hybridized carbons (Fsp3) is 0.182. The second kappa shape index (κ2) is 5.39. The quantitative estimate of drug-likeness (QED) is 0.551. The van der Waals surface area contributed by atoms with Gasteiger partial charge in [-0.1, -0.05) is 0 Å². The molecule has 2 rings (SSSR count). The third-order valence-corrected chi connectivity index (χ3v) is 3.82. The number of nitrogens with two attached hydrogens (primary N) is 1. The molecular formula is C11H14N4O3S. The van der Waals surface area contributed by atoms with E-state index in [-0.39, 0.29) is 17.3 Å². The fourth-order valence-corrected chi connectivity index (χ4v) is 2.49. The second-order valence-electron chi connectivity index (χ2n) is 3.86. The van der Waals surface area contributed by atoms with E-state index < -0.39 is 10.0 Å². The van der Waals surface area contributed by atoms with Crippen LogP contribution < -0.4 is 16.0 Å². The first kappa shape index (κ1) is 13.5. The first-order valence-corrected chi connectivity index (χ1v) is 6.97. The first-order chi connectivity index (χ1) is 9.01. The molecule has 0 aliphatic carbocycles. The minimum atomic E-state index is -3.63. The average Bonchev–Trinajstić information content (AvgIpc) is 2.82. The molecule has 7 nitrogen and oxygen atoms in total. The molecule has 2 heterocycles. The molecule has 0 radical (unpaired) electrons. The third-order valence-electron chi connectivity index (χ3n) is 2.42. The van der Waals surface area contributed by atoms with Crippen molar-refractivity contribution in [2.75, 3.05) is 5.43 Å². The Labute approximate surface area is 110 Å². The molecule has 0 saturated carbocycles. The molecule has 0 bridgehead atoms. The van der Waals surface area contributed by atoms with Gasteiger partial charge in [0.25, 0.3) is 0 Å². The summed E-state index contributed by atoms with van der Waals surface area (Å²) >= 11 is 0. The molecule has 8 heteroatoms. The zero-order chi connectivity index (χ0) is 13.9. The van der Waals surface area contributed by atoms with Gasteiger partial charge in [-0.15, -0.1) is 0 Å². The van der Waals surface area contributed by atoms with Gasteiger partial charge in [0.05, 0.1) is 11.4 Å². The Morgan fingerprint density at radius 2 is 2.16 bits per heavy atom. The van der Waals surface area contributed by atoms with Crippen LogP contribution in [0.25, 0.3) is 0 Å². The maximum atomic E-state index is 12.0. The molecule has 2 aromatic heterocycles. The number of nitrogens with one attached hydrogen (secondary N) is 2. The van der Waals surface area contributed by atoms with E-state index in [0.717, 1.165) is 5.76 Å². The SMILES string of the molecule is Cc1ccc(CNS(=O)(=O)c2ccnc(NN)c2)o1. The average molecular weight is 282 g/mol. The number of hydrazine groups is 1. The normalized spacial score (nSPS) is 11.5. The van der Waals surface area contributed by atoms with Gasteiger partial charge < -0.3 is 9.84 Å². The van der Waals surface area contributed by atoms with Crippen molar-refractivity contribution >= 4 is 15.8 Å². The van der Waals surface area contributed by atoms with Crippen molar-refractivity contribution in [3.63, 3.8) is 0 Å². The van der Waals surface area contributed by atoms with Crippen LogP contribution in [0.2, 0.25) is 0 Å². The summed E-state index contributed by atoms with van der Waals surface area (Å²) in [5.41, 5.74) is 2.29. The second-order valence-corrected chi connectivity index (χ2v) is 5.62. The number of pyridine rings is 1. The van der Waals surface area contributed by atoms with Gasteiger partial charge in [-0.05, 0) is 25.1 Å². The summed E-state index contributed by atoms with van der Waals surface area (Å²) in [5.74, 6) is 6.74. The maximum absolute atomic E-state index is 12.0. The summed E-state index contributed by atoms with van der Waals surface area (Å²) in [6.45, 7) is 1.88. The van der Waals surface area contributed by atoms with Crippen molar-refractivity contribution in [2.45, 2.75) is 18.4 Å². The molecule has 4 N–H and O–H groups in total. The van der Waals surface area contributed by atoms with Crippen molar-refractivity contribution in [1.82, 2.24) is 9.71 Å². The van der Waals surface area contributed by atoms with Crippen LogP contribution >= 0.6 is 0 Å². The summed E-state index contributed by atoms with van der Waals surface area (Å²) in [6.07, 6.45) is 1.36. The van der Waals surface area contributed by atoms with Gasteiger partial charge in [0, 0.05) is 12.3 Å². The van der Waals surface area contributed by atoms with E-state index in [9.17, 15) is 8.42 Å². The van der Waals surface area contributed by atoms with Gasteiger partial charge in [0.2, 0.25) is 10.0 Å². The van der Waals surface area contributed by atoms with Crippen LogP contribution in [-0.4, -0.2) is 13.4 Å². The predicted octanol–water partition coefficient (Wildman–Crippen LogP) is 0.747. The molecule has 0 aliphatic heterocycles. The van der Waals surface area contributed by atoms with Crippen LogP contribution in [0.3, 0.4) is 0 Å². The molecule has 0 unspecified atom stereocenters. The highest BCUT2D eigenvalue weighted by molar-refractivity contribution is 7.89. The smallest absolute Gasteiger partial charge is 0.241 e. The number of nitrogens with zero attached hydrogens (tertiary/aromatic N) is 1. The fourth-order valence-electron chi connectivity index (χ4n) is 1.49. The number of anilines is 1. The lowest BCUT2D eigenvalue weighted by atomic mass is 10.4. The van der Waals surface area contributed by atoms with E-state index in [0.29, 0.717) is 5.76 Å². The zero-order valence-corrected chi connectivity index (χ0v) is 11.1. The number of aromatic nitrogens is 1. The van der Waals surface area contributed by atoms with E-state index >= 15 is 0 Å². The van der Waals surface area contributed by atoms with E-state index in [1.807, 2.05) is 0 Å². The minimum Gasteiger partial charge on any atom is -0.465 e. The van der Waals surface area contributed by atoms with Crippen molar-refractivity contribution in [3.05, 3.63) is 42.0 Å². The molecule has 19 heavy (non-hydrogen) atoms. The van der Waals surface area contributed by atoms with Crippen LogP contribution in [0, 0.1) is 6.92 Å². The van der Waals surface area contributed by atoms with Crippen molar-refractivity contribution in [3.8, 4) is 0 Å². The van der Waals surface area contributed by atoms with E-state index in [2.05, 4.69) is 15.1 Å². The Morgan fingerprint density at radius 1 is 1.37 bits per heavy atom. The lowest BCUT2D eigenvalue weighted by Crippen LogP contribution is -2.23. The molecule has 0 fully saturated rings. The van der Waals surface area contributed by atoms with E-state index in [1.165, 1.54) is 18.3 Å². The molecule has 2 aromatic rings. The Morgan fingerprint density at radius 3 is 2.79 bits per heavy atom. The van der Waals surface area contributed by atoms with Crippen LogP contribution in [0.5, 0.6) is 0 Å². The molecule has 0 atom stereocenters. The lowest BCUT2D eigenvalue weighted by molar-refractivity contribution is 0.475. The Balaban J connectivity index is 2.13. The number of furan rings is 1. The van der Waals surface area contributed by atoms with E-state index in [4.69, 9.17) is 10.3 Å². The third kappa shape index (κ3) is 3.31. The van der Waals surface area contributed by atoms with Crippen molar-refractivity contribution < 1.29 is 12.8 Å². The monoisotopic (exact) mass is 282 g/mol. The van der Waals surface area contributed by atoms with Crippen LogP contribution in [0.4, 0.5) is 5.82 Å². The largest absolute Gasteiger partial charge is 0.465 e. The molecule has 0 amide bonds. The van der Waals surface area contributed by atoms with Gasteiger partial charge in [-0.2, -0.15) is 0 Å². The van der Waals surface area contributed by atoms with Crippen molar-refractivity contribution in [2.24, 2.45) is 5.84 Å². The van der Waals surface area contributed by atoms with Crippen LogP contribution in [0.1, 0.15) is 11.5 Å². The lowest BCUT2D eigenvalue weighted by Gasteiger charge is -2.06. The van der Waals surface area contributed by atoms with Gasteiger partial charge in [-0.25, -0.2) is 24.0 Å². The van der Waals surface area contributed by atoms with Gasteiger partial charge >= 0.3 is 0 Å². The number of hydrogen-bond donors (Lipinski definition) is 3. The molecule has 102 valence electrons. The summed E-state index contributed by atoms with van der Waals surface area (Å²) < 4.78 is 31.8. The van der Waals surface area contributed by atoms with Gasteiger partial charge in [0.1, 0.15) is 17.3 Å². The molecule has 0 saturated heterocycles. The molecular weight excluding hydrogens is 268 g/mol. The molecule has 0 aromatic carbocycles. The molecule has 0 aliphatic rings. The van der Waals surface area contributed by atoms with Gasteiger partial charge in [0.15, 0.2) is 0 Å². The number of aryl methyl sites for hydroxylation is 1. The van der Waals surface area contributed by atoms with Crippen molar-refractivity contribution in [1.29, 1.82) is 0 Å². The van der Waals surface area contributed by atoms with Gasteiger partial charge in [-0.3, -0.25) is 0 Å². The highest BCUT2D eigenvalue weighted by Crippen LogP contribution is 2.13. The number of hydrogen-bond acceptors (Lipinski definition) is 6. The summed E-state index contributed by atoms with van der Waals surface area (Å²) in [5, 5.41) is 0. The standard InChI is InChI=1S/C11H14N4O3S/c1-8-2-3-9(18-8)7-14-19(16,17)10-4-5-13-11(6-10)15-12/h2-6,14H,7,12H2,1H3,(H,13,15). The topological polar surface area (TPSA) is 110 Å². The summed E-state index contributed by atoms with van der Waals surface area (Å²) in [7, 11) is -3.63. The Bertz CT molecular complexity index is 666. The number of rotatable bonds is 5. The highest BCUT2D eigenvalue weighted by atomic mass is 32.2. The zero-order valence-electron chi connectivity index (χ0n) is 10.3. The van der Waals surface area contributed by atoms with Crippen LogP contribution in [0.15, 0.2) is 39.8 Å². The van der Waals surface area contributed by atoms with Crippen LogP contribution in [-0.2, 0) is 16.6 Å². The predicted molar refractivity (Wildman–Crippen MR) is 69.5 cm³/mol. The summed E-state index contributed by atoms with van der Waals surface area (Å²) in [6, 6.07) is 6.22. The number of sulfonamides is 1. The number of nitrogen functional groups attached to an aromatic ring is 1. The maximum Gasteiger partial charge on any atom is 0.241 e. The van der Waals surface area contributed by atoms with E-state index in [1.54, 1.807) is 19.1 Å². The first-order valence-electron chi connectivity index (χ1n) is 5.49. The highest BCUT2D eigenvalue weighted by Gasteiger charge is 2.15. The minimum absolute atomic E-state index is 0.0822. The molecule has 0 spiro atoms. The summed E-state index contributed by atoms with van der Waals surface area (Å²) in [4.78, 5) is 3.93.